The Morgan fingerprint density at radius 2 is 1.83 bits per heavy atom. The second-order valence-electron chi connectivity index (χ2n) is 4.31. The minimum atomic E-state index is 0.238. The number of isocyanates is 2. The van der Waals surface area contributed by atoms with Crippen molar-refractivity contribution in [3.8, 4) is 0 Å². The Bertz CT molecular complexity index is 523. The molecule has 0 bridgehead atoms. The van der Waals surface area contributed by atoms with E-state index in [1.165, 1.54) is 6.08 Å². The lowest BCUT2D eigenvalue weighted by Gasteiger charge is -2.14. The third-order valence-electron chi connectivity index (χ3n) is 2.73. The Hall–Kier alpha value is -2.02. The van der Waals surface area contributed by atoms with Gasteiger partial charge in [-0.3, -0.25) is 0 Å². The van der Waals surface area contributed by atoms with Crippen molar-refractivity contribution in [2.45, 2.75) is 39.5 Å². The Kier molecular flexibility index (Phi) is 5.19. The summed E-state index contributed by atoms with van der Waals surface area (Å²) >= 11 is 0. The lowest BCUT2D eigenvalue weighted by Crippen LogP contribution is -1.94. The van der Waals surface area contributed by atoms with Gasteiger partial charge in [-0.15, -0.1) is 0 Å². The van der Waals surface area contributed by atoms with E-state index < -0.39 is 0 Å². The van der Waals surface area contributed by atoms with Gasteiger partial charge in [0, 0.05) is 5.56 Å². The largest absolute Gasteiger partial charge is 0.240 e. The molecule has 18 heavy (non-hydrogen) atoms. The third-order valence-corrected chi connectivity index (χ3v) is 2.73. The maximum atomic E-state index is 10.6. The molecule has 0 saturated heterocycles. The molecule has 0 aliphatic heterocycles. The lowest BCUT2D eigenvalue weighted by atomic mass is 9.95. The van der Waals surface area contributed by atoms with Gasteiger partial charge in [0.05, 0.1) is 11.4 Å². The first kappa shape index (κ1) is 14.0. The molecular formula is C14H16N2O2. The maximum absolute atomic E-state index is 10.6. The predicted octanol–water partition coefficient (Wildman–Crippen LogP) is 3.70. The van der Waals surface area contributed by atoms with Crippen LogP contribution in [0.5, 0.6) is 0 Å². The third kappa shape index (κ3) is 3.01. The van der Waals surface area contributed by atoms with Crippen LogP contribution in [0.2, 0.25) is 0 Å². The van der Waals surface area contributed by atoms with Crippen LogP contribution in [-0.4, -0.2) is 12.2 Å². The summed E-state index contributed by atoms with van der Waals surface area (Å²) in [7, 11) is 0. The van der Waals surface area contributed by atoms with Crippen LogP contribution in [0.4, 0.5) is 11.4 Å². The van der Waals surface area contributed by atoms with Crippen molar-refractivity contribution in [2.75, 3.05) is 0 Å². The summed E-state index contributed by atoms with van der Waals surface area (Å²) in [4.78, 5) is 28.5. The molecule has 0 N–H and O–H groups in total. The fraction of sp³-hybridized carbons (Fsp3) is 0.429. The molecule has 4 nitrogen and oxygen atoms in total. The zero-order valence-corrected chi connectivity index (χ0v) is 10.9. The summed E-state index contributed by atoms with van der Waals surface area (Å²) in [6.07, 6.45) is 4.71. The predicted molar refractivity (Wildman–Crippen MR) is 70.1 cm³/mol. The SMILES string of the molecule is CCCc1c(N=C=O)ccc(C(C)C)c1N=C=O. The van der Waals surface area contributed by atoms with Crippen LogP contribution in [-0.2, 0) is 16.0 Å². The van der Waals surface area contributed by atoms with Gasteiger partial charge >= 0.3 is 0 Å². The highest BCUT2D eigenvalue weighted by molar-refractivity contribution is 5.69. The van der Waals surface area contributed by atoms with Crippen molar-refractivity contribution in [1.29, 1.82) is 0 Å². The molecule has 0 aromatic heterocycles. The smallest absolute Gasteiger partial charge is 0.211 e. The summed E-state index contributed by atoms with van der Waals surface area (Å²) in [6, 6.07) is 3.62. The van der Waals surface area contributed by atoms with E-state index in [1.807, 2.05) is 26.8 Å². The Morgan fingerprint density at radius 3 is 2.33 bits per heavy atom. The number of nitrogens with zero attached hydrogens (tertiary/aromatic N) is 2. The fourth-order valence-electron chi connectivity index (χ4n) is 1.94. The van der Waals surface area contributed by atoms with E-state index in [2.05, 4.69) is 9.98 Å². The maximum Gasteiger partial charge on any atom is 0.240 e. The summed E-state index contributed by atoms with van der Waals surface area (Å²) in [5.74, 6) is 0.238. The van der Waals surface area contributed by atoms with Gasteiger partial charge in [-0.25, -0.2) is 9.59 Å². The average molecular weight is 244 g/mol. The fourth-order valence-corrected chi connectivity index (χ4v) is 1.94. The van der Waals surface area contributed by atoms with Crippen molar-refractivity contribution >= 4 is 23.5 Å². The molecule has 0 atom stereocenters. The van der Waals surface area contributed by atoms with Gasteiger partial charge in [0.1, 0.15) is 0 Å². The molecular weight excluding hydrogens is 228 g/mol. The minimum absolute atomic E-state index is 0.238. The second kappa shape index (κ2) is 6.65. The minimum Gasteiger partial charge on any atom is -0.211 e. The van der Waals surface area contributed by atoms with Crippen LogP contribution >= 0.6 is 0 Å². The van der Waals surface area contributed by atoms with Gasteiger partial charge in [0.25, 0.3) is 0 Å². The van der Waals surface area contributed by atoms with E-state index in [9.17, 15) is 9.59 Å². The van der Waals surface area contributed by atoms with E-state index in [0.29, 0.717) is 17.8 Å². The normalized spacial score (nSPS) is 9.78. The first-order valence-electron chi connectivity index (χ1n) is 5.97. The van der Waals surface area contributed by atoms with Crippen LogP contribution < -0.4 is 0 Å². The summed E-state index contributed by atoms with van der Waals surface area (Å²) in [5.41, 5.74) is 2.91. The van der Waals surface area contributed by atoms with Gasteiger partial charge < -0.3 is 0 Å². The molecule has 0 amide bonds. The molecule has 0 radical (unpaired) electrons. The summed E-state index contributed by atoms with van der Waals surface area (Å²) in [6.45, 7) is 6.07. The van der Waals surface area contributed by atoms with E-state index in [1.54, 1.807) is 12.1 Å². The molecule has 0 fully saturated rings. The van der Waals surface area contributed by atoms with Crippen molar-refractivity contribution in [3.05, 3.63) is 23.3 Å². The molecule has 94 valence electrons. The van der Waals surface area contributed by atoms with Crippen LogP contribution in [0.15, 0.2) is 22.1 Å². The zero-order valence-electron chi connectivity index (χ0n) is 10.9. The van der Waals surface area contributed by atoms with E-state index in [4.69, 9.17) is 0 Å². The quantitative estimate of drug-likeness (QED) is 0.585. The number of hydrogen-bond acceptors (Lipinski definition) is 4. The van der Waals surface area contributed by atoms with E-state index in [0.717, 1.165) is 17.5 Å². The van der Waals surface area contributed by atoms with Gasteiger partial charge in [-0.2, -0.15) is 9.98 Å². The van der Waals surface area contributed by atoms with Gasteiger partial charge in [0.15, 0.2) is 0 Å². The zero-order chi connectivity index (χ0) is 13.5. The van der Waals surface area contributed by atoms with Gasteiger partial charge in [-0.1, -0.05) is 33.3 Å². The van der Waals surface area contributed by atoms with Crippen molar-refractivity contribution in [3.63, 3.8) is 0 Å². The average Bonchev–Trinajstić information content (AvgIpc) is 2.33. The van der Waals surface area contributed by atoms with E-state index >= 15 is 0 Å². The lowest BCUT2D eigenvalue weighted by molar-refractivity contribution is 0.564. The van der Waals surface area contributed by atoms with Gasteiger partial charge in [-0.05, 0) is 24.0 Å². The van der Waals surface area contributed by atoms with Crippen molar-refractivity contribution in [2.24, 2.45) is 9.98 Å². The number of benzene rings is 1. The Morgan fingerprint density at radius 1 is 1.17 bits per heavy atom. The first-order valence-corrected chi connectivity index (χ1v) is 5.97. The monoisotopic (exact) mass is 244 g/mol. The highest BCUT2D eigenvalue weighted by atomic mass is 16.1. The first-order chi connectivity index (χ1) is 8.65. The van der Waals surface area contributed by atoms with Crippen LogP contribution in [0.3, 0.4) is 0 Å². The van der Waals surface area contributed by atoms with Crippen LogP contribution in [0.1, 0.15) is 44.2 Å². The molecule has 1 aromatic rings. The highest BCUT2D eigenvalue weighted by Crippen LogP contribution is 2.37. The molecule has 0 saturated carbocycles. The van der Waals surface area contributed by atoms with Crippen molar-refractivity contribution in [1.82, 2.24) is 0 Å². The molecule has 0 heterocycles. The standard InChI is InChI=1S/C14H16N2O2/c1-4-5-12-13(15-8-17)7-6-11(10(2)3)14(12)16-9-18/h6-7,10H,4-5H2,1-3H3. The van der Waals surface area contributed by atoms with Crippen molar-refractivity contribution < 1.29 is 9.59 Å². The summed E-state index contributed by atoms with van der Waals surface area (Å²) in [5, 5.41) is 0. The Balaban J connectivity index is 3.57. The topological polar surface area (TPSA) is 58.9 Å². The van der Waals surface area contributed by atoms with Crippen LogP contribution in [0, 0.1) is 0 Å². The number of rotatable bonds is 5. The molecule has 0 spiro atoms. The molecule has 0 unspecified atom stereocenters. The van der Waals surface area contributed by atoms with Gasteiger partial charge in [0.2, 0.25) is 12.2 Å². The molecule has 0 aliphatic rings. The highest BCUT2D eigenvalue weighted by Gasteiger charge is 2.14. The Labute approximate surface area is 106 Å². The molecule has 4 heteroatoms. The second-order valence-corrected chi connectivity index (χ2v) is 4.31. The number of aliphatic imine (C=N–C) groups is 2. The molecule has 1 aromatic carbocycles. The van der Waals surface area contributed by atoms with E-state index in [-0.39, 0.29) is 5.92 Å². The number of carbonyl (C=O) groups excluding carboxylic acids is 2. The van der Waals surface area contributed by atoms with Crippen LogP contribution in [0.25, 0.3) is 0 Å². The molecule has 0 aliphatic carbocycles. The summed E-state index contributed by atoms with van der Waals surface area (Å²) < 4.78 is 0. The number of hydrogen-bond donors (Lipinski definition) is 0. The molecule has 1 rings (SSSR count).